The summed E-state index contributed by atoms with van der Waals surface area (Å²) in [5, 5.41) is -0.883. The van der Waals surface area contributed by atoms with Crippen molar-refractivity contribution in [1.29, 1.82) is 0 Å². The smallest absolute Gasteiger partial charge is 0.193 e. The third-order valence-electron chi connectivity index (χ3n) is 0.234. The summed E-state index contributed by atoms with van der Waals surface area (Å²) in [5.74, 6) is -1.26. The van der Waals surface area contributed by atoms with E-state index in [-0.39, 0.29) is 0 Å². The van der Waals surface area contributed by atoms with Gasteiger partial charge >= 0.3 is 6.18 Å². The lowest BCUT2D eigenvalue weighted by Gasteiger charge is -1.94. The van der Waals surface area contributed by atoms with Crippen LogP contribution in [-0.2, 0) is 0 Å². The first-order valence-electron chi connectivity index (χ1n) is 2.07. The van der Waals surface area contributed by atoms with E-state index < -0.39 is 17.3 Å². The van der Waals surface area contributed by atoms with Gasteiger partial charge in [0.1, 0.15) is 5.88 Å². The predicted molar refractivity (Wildman–Crippen MR) is 37.7 cm³/mol. The molecule has 0 saturated heterocycles. The summed E-state index contributed by atoms with van der Waals surface area (Å²) < 4.78 is 42.9. The van der Waals surface area contributed by atoms with Gasteiger partial charge in [-0.15, -0.1) is 11.6 Å². The van der Waals surface area contributed by atoms with Gasteiger partial charge in [0.05, 0.1) is 5.54 Å². The predicted octanol–water partition coefficient (Wildman–Crippen LogP) is 4.02. The molecule has 0 spiro atoms. The molecular weight excluding hydrogens is 230 g/mol. The molecule has 0 atom stereocenters. The van der Waals surface area contributed by atoms with Crippen LogP contribution in [0.1, 0.15) is 0 Å². The third kappa shape index (κ3) is 25.2. The molecule has 0 N–H and O–H groups in total. The Morgan fingerprint density at radius 3 is 1.55 bits per heavy atom. The lowest BCUT2D eigenvalue weighted by molar-refractivity contribution is -0.106. The average Bonchev–Trinajstić information content (AvgIpc) is 1.88. The molecule has 0 aliphatic rings. The van der Waals surface area contributed by atoms with E-state index in [0.717, 1.165) is 0 Å². The third-order valence-corrected chi connectivity index (χ3v) is 0.949. The van der Waals surface area contributed by atoms with Gasteiger partial charge in [0.2, 0.25) is 0 Å². The summed E-state index contributed by atoms with van der Waals surface area (Å²) in [6.07, 6.45) is -4.19. The molecule has 0 aromatic heterocycles. The second-order valence-electron chi connectivity index (χ2n) is 1.15. The fourth-order valence-corrected chi connectivity index (χ4v) is 0. The van der Waals surface area contributed by atoms with Crippen molar-refractivity contribution in [3.05, 3.63) is 10.8 Å². The van der Waals surface area contributed by atoms with Gasteiger partial charge in [0, 0.05) is 0 Å². The van der Waals surface area contributed by atoms with Crippen molar-refractivity contribution in [3.63, 3.8) is 0 Å². The van der Waals surface area contributed by atoms with Crippen molar-refractivity contribution in [3.8, 4) is 0 Å². The van der Waals surface area contributed by atoms with E-state index in [1.54, 1.807) is 0 Å². The molecule has 0 radical (unpaired) electrons. The van der Waals surface area contributed by atoms with Crippen molar-refractivity contribution in [2.45, 2.75) is 6.18 Å². The first-order valence-corrected chi connectivity index (χ1v) is 3.42. The highest BCUT2D eigenvalue weighted by molar-refractivity contribution is 6.35. The molecule has 11 heavy (non-hydrogen) atoms. The number of hydrogen-bond acceptors (Lipinski definition) is 0. The normalized spacial score (nSPS) is 12.1. The van der Waals surface area contributed by atoms with Crippen LogP contribution in [0.2, 0.25) is 0 Å². The Hall–Kier alpha value is 0.330. The molecule has 0 fully saturated rings. The second-order valence-corrected chi connectivity index (χ2v) is 1.99. The minimum Gasteiger partial charge on any atom is -0.193 e. The lowest BCUT2D eigenvalue weighted by atomic mass is 10.8. The van der Waals surface area contributed by atoms with E-state index in [1.165, 1.54) is 0 Å². The van der Waals surface area contributed by atoms with Crippen LogP contribution in [-0.4, -0.2) is 12.1 Å². The van der Waals surface area contributed by atoms with E-state index in [0.29, 0.717) is 5.54 Å². The van der Waals surface area contributed by atoms with Crippen LogP contribution in [0.15, 0.2) is 10.8 Å². The number of hydrogen-bond donors (Lipinski definition) is 0. The topological polar surface area (TPSA) is 0 Å². The van der Waals surface area contributed by atoms with Crippen LogP contribution in [0.4, 0.5) is 17.6 Å². The van der Waals surface area contributed by atoms with Gasteiger partial charge in [0.25, 0.3) is 0 Å². The summed E-state index contributed by atoms with van der Waals surface area (Å²) in [4.78, 5) is 0. The average molecular weight is 233 g/mol. The van der Waals surface area contributed by atoms with Crippen molar-refractivity contribution in [2.75, 3.05) is 5.88 Å². The first-order chi connectivity index (χ1) is 4.83. The molecule has 68 valence electrons. The van der Waals surface area contributed by atoms with Crippen LogP contribution >= 0.6 is 34.8 Å². The van der Waals surface area contributed by atoms with Gasteiger partial charge in [0.15, 0.2) is 5.29 Å². The monoisotopic (exact) mass is 232 g/mol. The van der Waals surface area contributed by atoms with Gasteiger partial charge in [-0.25, -0.2) is 0 Å². The minimum absolute atomic E-state index is 0.654. The fraction of sp³-hybridized carbons (Fsp3) is 0.500. The molecule has 0 nitrogen and oxygen atoms in total. The molecule has 0 aliphatic carbocycles. The van der Waals surface area contributed by atoms with Gasteiger partial charge < -0.3 is 0 Å². The number of rotatable bonds is 0. The fourth-order valence-electron chi connectivity index (χ4n) is 0. The largest absolute Gasteiger partial charge is 0.402 e. The molecular formula is C4H3Cl3F4. The van der Waals surface area contributed by atoms with E-state index >= 15 is 0 Å². The van der Waals surface area contributed by atoms with Gasteiger partial charge in [-0.05, 0) is 0 Å². The SMILES string of the molecule is FC(Cl)=CCl.FC(F)(F)CCl. The molecule has 0 aromatic rings. The van der Waals surface area contributed by atoms with Gasteiger partial charge in [-0.3, -0.25) is 0 Å². The Morgan fingerprint density at radius 1 is 1.36 bits per heavy atom. The maximum atomic E-state index is 10.9. The van der Waals surface area contributed by atoms with E-state index in [9.17, 15) is 17.6 Å². The Balaban J connectivity index is 0. The van der Waals surface area contributed by atoms with Crippen molar-refractivity contribution >= 4 is 34.8 Å². The maximum absolute atomic E-state index is 10.9. The van der Waals surface area contributed by atoms with E-state index in [1.807, 2.05) is 0 Å². The minimum atomic E-state index is -4.19. The molecule has 0 amide bonds. The highest BCUT2D eigenvalue weighted by Gasteiger charge is 2.24. The quantitative estimate of drug-likeness (QED) is 0.438. The lowest BCUT2D eigenvalue weighted by Crippen LogP contribution is -2.07. The standard InChI is InChI=1S/C2HCl2F.C2H2ClF3/c3-1-2(4)5;3-1-2(4,5)6/h1H;1H2. The van der Waals surface area contributed by atoms with Crippen LogP contribution in [0.3, 0.4) is 0 Å². The van der Waals surface area contributed by atoms with Crippen LogP contribution in [0.5, 0.6) is 0 Å². The molecule has 0 bridgehead atoms. The molecule has 0 rings (SSSR count). The van der Waals surface area contributed by atoms with Crippen LogP contribution < -0.4 is 0 Å². The zero-order valence-corrected chi connectivity index (χ0v) is 7.20. The zero-order chi connectivity index (χ0) is 9.49. The Morgan fingerprint density at radius 2 is 1.55 bits per heavy atom. The summed E-state index contributed by atoms with van der Waals surface area (Å²) in [5.41, 5.74) is 0.654. The molecule has 0 saturated carbocycles. The Kier molecular flexibility index (Phi) is 8.84. The maximum Gasteiger partial charge on any atom is 0.402 e. The number of halogens is 7. The Bertz CT molecular complexity index is 115. The van der Waals surface area contributed by atoms with Crippen LogP contribution in [0, 0.1) is 0 Å². The van der Waals surface area contributed by atoms with E-state index in [4.69, 9.17) is 0 Å². The van der Waals surface area contributed by atoms with Crippen molar-refractivity contribution in [2.24, 2.45) is 0 Å². The summed E-state index contributed by atoms with van der Waals surface area (Å²) in [7, 11) is 0. The summed E-state index contributed by atoms with van der Waals surface area (Å²) in [6, 6.07) is 0. The van der Waals surface area contributed by atoms with Crippen molar-refractivity contribution in [1.82, 2.24) is 0 Å². The molecule has 7 heteroatoms. The first kappa shape index (κ1) is 13.9. The van der Waals surface area contributed by atoms with Gasteiger partial charge in [-0.2, -0.15) is 17.6 Å². The number of alkyl halides is 4. The van der Waals surface area contributed by atoms with Crippen molar-refractivity contribution < 1.29 is 17.6 Å². The highest BCUT2D eigenvalue weighted by atomic mass is 35.5. The molecule has 0 aromatic carbocycles. The highest BCUT2D eigenvalue weighted by Crippen LogP contribution is 2.14. The molecule has 0 aliphatic heterocycles. The zero-order valence-electron chi connectivity index (χ0n) is 4.93. The summed E-state index contributed by atoms with van der Waals surface area (Å²) in [6.45, 7) is 0. The summed E-state index contributed by atoms with van der Waals surface area (Å²) >= 11 is 13.5. The molecule has 0 heterocycles. The van der Waals surface area contributed by atoms with E-state index in [2.05, 4.69) is 34.8 Å². The second kappa shape index (κ2) is 7.00. The molecule has 0 unspecified atom stereocenters. The Labute approximate surface area is 75.7 Å². The van der Waals surface area contributed by atoms with Gasteiger partial charge in [-0.1, -0.05) is 23.2 Å². The van der Waals surface area contributed by atoms with Crippen LogP contribution in [0.25, 0.3) is 0 Å².